The molecule has 1 N–H and O–H groups in total. The standard InChI is InChI=1S/C2H3NO2Se/c6-2-1-4-5-3-2/h1H2,(H,3,6). The first-order chi connectivity index (χ1) is 2.89. The average Bonchev–Trinajstić information content (AvgIpc) is 1.86. The summed E-state index contributed by atoms with van der Waals surface area (Å²) in [4.78, 5) is 8.62. The van der Waals surface area contributed by atoms with Crippen LogP contribution >= 0.6 is 0 Å². The topological polar surface area (TPSA) is 30.5 Å². The van der Waals surface area contributed by atoms with E-state index in [0.717, 1.165) is 4.54 Å². The number of hydrogen-bond acceptors (Lipinski definition) is 3. The third-order valence-electron chi connectivity index (χ3n) is 0.404. The summed E-state index contributed by atoms with van der Waals surface area (Å²) in [5, 5.41) is 0. The molecule has 0 radical (unpaired) electrons. The van der Waals surface area contributed by atoms with Crippen molar-refractivity contribution in [3.05, 3.63) is 0 Å². The Morgan fingerprint density at radius 3 is 2.83 bits per heavy atom. The van der Waals surface area contributed by atoms with Crippen LogP contribution in [0.2, 0.25) is 0 Å². The summed E-state index contributed by atoms with van der Waals surface area (Å²) in [6, 6.07) is 0. The third-order valence-corrected chi connectivity index (χ3v) is 0.827. The van der Waals surface area contributed by atoms with Crippen LogP contribution in [0.25, 0.3) is 0 Å². The number of rotatable bonds is 0. The maximum atomic E-state index is 4.38. The van der Waals surface area contributed by atoms with Crippen molar-refractivity contribution in [1.82, 2.24) is 5.48 Å². The molecule has 0 atom stereocenters. The van der Waals surface area contributed by atoms with Crippen molar-refractivity contribution < 1.29 is 9.88 Å². The van der Waals surface area contributed by atoms with E-state index in [1.807, 2.05) is 0 Å². The Kier molecular flexibility index (Phi) is 1.22. The van der Waals surface area contributed by atoms with Crippen molar-refractivity contribution in [1.29, 1.82) is 0 Å². The molecule has 0 bridgehead atoms. The average molecular weight is 152 g/mol. The fourth-order valence-electron chi connectivity index (χ4n) is 0.188. The van der Waals surface area contributed by atoms with Gasteiger partial charge in [-0.1, -0.05) is 0 Å². The summed E-state index contributed by atoms with van der Waals surface area (Å²) in [5.74, 6) is 0. The maximum absolute atomic E-state index is 4.38. The summed E-state index contributed by atoms with van der Waals surface area (Å²) in [6.07, 6.45) is 0. The van der Waals surface area contributed by atoms with E-state index in [0.29, 0.717) is 6.61 Å². The molecule has 1 fully saturated rings. The normalized spacial score (nSPS) is 21.0. The summed E-state index contributed by atoms with van der Waals surface area (Å²) in [5.41, 5.74) is 2.46. The van der Waals surface area contributed by atoms with Crippen LogP contribution in [0.15, 0.2) is 0 Å². The second-order valence-electron chi connectivity index (χ2n) is 0.871. The van der Waals surface area contributed by atoms with Gasteiger partial charge in [-0.05, 0) is 0 Å². The van der Waals surface area contributed by atoms with Crippen LogP contribution in [0.5, 0.6) is 0 Å². The summed E-state index contributed by atoms with van der Waals surface area (Å²) < 4.78 is 0.884. The molecule has 0 aromatic rings. The van der Waals surface area contributed by atoms with Crippen molar-refractivity contribution in [2.45, 2.75) is 0 Å². The Hall–Kier alpha value is 0.109. The molecule has 1 rings (SSSR count). The summed E-state index contributed by atoms with van der Waals surface area (Å²) >= 11 is 2.69. The predicted molar refractivity (Wildman–Crippen MR) is 20.9 cm³/mol. The molecule has 6 heavy (non-hydrogen) atoms. The molecule has 34 valence electrons. The van der Waals surface area contributed by atoms with Gasteiger partial charge in [-0.15, -0.1) is 0 Å². The molecule has 0 aromatic carbocycles. The van der Waals surface area contributed by atoms with Gasteiger partial charge in [0.05, 0.1) is 0 Å². The molecule has 1 saturated heterocycles. The molecule has 0 aliphatic carbocycles. The van der Waals surface area contributed by atoms with E-state index in [1.165, 1.54) is 0 Å². The van der Waals surface area contributed by atoms with Gasteiger partial charge < -0.3 is 0 Å². The molecule has 0 saturated carbocycles. The Labute approximate surface area is 42.9 Å². The van der Waals surface area contributed by atoms with Crippen molar-refractivity contribution in [3.63, 3.8) is 0 Å². The van der Waals surface area contributed by atoms with Crippen LogP contribution in [-0.4, -0.2) is 26.7 Å². The van der Waals surface area contributed by atoms with E-state index in [9.17, 15) is 0 Å². The van der Waals surface area contributed by atoms with Crippen LogP contribution in [0.4, 0.5) is 0 Å². The Balaban J connectivity index is 2.37. The van der Waals surface area contributed by atoms with Gasteiger partial charge in [-0.25, -0.2) is 0 Å². The first-order valence-corrected chi connectivity index (χ1v) is 2.32. The SMILES string of the molecule is [Se]=C1COON1. The number of hydroxylamine groups is 1. The van der Waals surface area contributed by atoms with E-state index < -0.39 is 0 Å². The fraction of sp³-hybridized carbons (Fsp3) is 0.500. The van der Waals surface area contributed by atoms with E-state index in [2.05, 4.69) is 30.9 Å². The molecule has 0 unspecified atom stereocenters. The molecule has 4 heteroatoms. The van der Waals surface area contributed by atoms with Gasteiger partial charge >= 0.3 is 42.1 Å². The van der Waals surface area contributed by atoms with Crippen molar-refractivity contribution >= 4 is 20.1 Å². The van der Waals surface area contributed by atoms with Crippen molar-refractivity contribution in [2.75, 3.05) is 6.61 Å². The van der Waals surface area contributed by atoms with Gasteiger partial charge in [-0.2, -0.15) is 0 Å². The van der Waals surface area contributed by atoms with Crippen molar-refractivity contribution in [3.8, 4) is 0 Å². The number of nitrogens with one attached hydrogen (secondary N) is 1. The Morgan fingerprint density at radius 1 is 1.83 bits per heavy atom. The van der Waals surface area contributed by atoms with Gasteiger partial charge in [0.2, 0.25) is 0 Å². The van der Waals surface area contributed by atoms with E-state index in [4.69, 9.17) is 0 Å². The molecule has 0 aromatic heterocycles. The van der Waals surface area contributed by atoms with Crippen LogP contribution in [-0.2, 0) is 9.88 Å². The van der Waals surface area contributed by atoms with E-state index >= 15 is 0 Å². The van der Waals surface area contributed by atoms with Crippen LogP contribution in [0.3, 0.4) is 0 Å². The van der Waals surface area contributed by atoms with Crippen LogP contribution in [0, 0.1) is 0 Å². The molecule has 1 heterocycles. The zero-order chi connectivity index (χ0) is 4.41. The van der Waals surface area contributed by atoms with Crippen LogP contribution in [0.1, 0.15) is 0 Å². The molecule has 3 nitrogen and oxygen atoms in total. The molecule has 0 spiro atoms. The molecule has 1 aliphatic heterocycles. The fourth-order valence-corrected chi connectivity index (χ4v) is 0.361. The monoisotopic (exact) mass is 153 g/mol. The van der Waals surface area contributed by atoms with Gasteiger partial charge in [0, 0.05) is 0 Å². The molecular weight excluding hydrogens is 149 g/mol. The molecule has 0 amide bonds. The zero-order valence-corrected chi connectivity index (χ0v) is 4.64. The minimum atomic E-state index is 0.514. The molecule has 1 aliphatic rings. The predicted octanol–water partition coefficient (Wildman–Crippen LogP) is -1.25. The second-order valence-corrected chi connectivity index (χ2v) is 1.90. The first-order valence-electron chi connectivity index (χ1n) is 1.47. The summed E-state index contributed by atoms with van der Waals surface area (Å²) in [6.45, 7) is 0.514. The molecular formula is C2H3NO2Se. The summed E-state index contributed by atoms with van der Waals surface area (Å²) in [7, 11) is 0. The van der Waals surface area contributed by atoms with Crippen LogP contribution < -0.4 is 5.48 Å². The van der Waals surface area contributed by atoms with E-state index in [-0.39, 0.29) is 0 Å². The number of hydrogen-bond donors (Lipinski definition) is 1. The van der Waals surface area contributed by atoms with Gasteiger partial charge in [0.1, 0.15) is 0 Å². The Bertz CT molecular complexity index is 65.9. The Morgan fingerprint density at radius 2 is 2.67 bits per heavy atom. The van der Waals surface area contributed by atoms with E-state index in [1.54, 1.807) is 0 Å². The third kappa shape index (κ3) is 0.786. The minimum absolute atomic E-state index is 0.514. The van der Waals surface area contributed by atoms with Crippen molar-refractivity contribution in [2.24, 2.45) is 0 Å². The van der Waals surface area contributed by atoms with Gasteiger partial charge in [0.25, 0.3) is 0 Å². The quantitative estimate of drug-likeness (QED) is 0.347. The van der Waals surface area contributed by atoms with Gasteiger partial charge in [-0.3, -0.25) is 0 Å². The first kappa shape index (κ1) is 4.27. The second kappa shape index (κ2) is 1.71. The van der Waals surface area contributed by atoms with Gasteiger partial charge in [0.15, 0.2) is 0 Å². The zero-order valence-electron chi connectivity index (χ0n) is 2.93.